The maximum absolute atomic E-state index is 15.9. The topological polar surface area (TPSA) is 123 Å². The number of nitriles is 1. The third-order valence-corrected chi connectivity index (χ3v) is 8.90. The summed E-state index contributed by atoms with van der Waals surface area (Å²) in [5.41, 5.74) is 0.675. The van der Waals surface area contributed by atoms with Crippen molar-refractivity contribution >= 4 is 23.8 Å². The van der Waals surface area contributed by atoms with Crippen LogP contribution in [0.15, 0.2) is 54.7 Å². The smallest absolute Gasteiger partial charge is 0.410 e. The first-order valence-electron chi connectivity index (χ1n) is 17.1. The summed E-state index contributed by atoms with van der Waals surface area (Å²) in [6.07, 6.45) is 3.12. The van der Waals surface area contributed by atoms with E-state index in [4.69, 9.17) is 30.5 Å². The van der Waals surface area contributed by atoms with E-state index in [9.17, 15) is 14.9 Å². The summed E-state index contributed by atoms with van der Waals surface area (Å²) in [4.78, 5) is 32.1. The normalized spacial score (nSPS) is 16.8. The van der Waals surface area contributed by atoms with Crippen molar-refractivity contribution in [3.63, 3.8) is 0 Å². The second kappa shape index (κ2) is 17.2. The number of halogens is 2. The molecule has 1 atom stereocenters. The number of nitrogens with one attached hydrogen (secondary N) is 1. The van der Waals surface area contributed by atoms with E-state index in [0.717, 1.165) is 5.56 Å². The van der Waals surface area contributed by atoms with E-state index in [0.29, 0.717) is 31.2 Å². The second-order valence-corrected chi connectivity index (χ2v) is 15.0. The van der Waals surface area contributed by atoms with E-state index in [1.54, 1.807) is 23.1 Å². The monoisotopic (exact) mass is 722 g/mol. The fraction of sp³-hybridized carbons (Fsp3) is 0.487. The summed E-state index contributed by atoms with van der Waals surface area (Å²) in [6.45, 7) is 11.7. The van der Waals surface area contributed by atoms with Crippen LogP contribution in [0.4, 0.5) is 14.0 Å². The first-order chi connectivity index (χ1) is 24.1. The number of pyridine rings is 1. The van der Waals surface area contributed by atoms with Crippen molar-refractivity contribution in [3.8, 4) is 23.1 Å². The fourth-order valence-electron chi connectivity index (χ4n) is 6.31. The number of aromatic nitrogens is 1. The van der Waals surface area contributed by atoms with Crippen LogP contribution in [0.3, 0.4) is 0 Å². The first-order valence-corrected chi connectivity index (χ1v) is 17.5. The molecule has 1 saturated carbocycles. The molecule has 0 spiro atoms. The zero-order valence-electron chi connectivity index (χ0n) is 30.4. The average molecular weight is 723 g/mol. The van der Waals surface area contributed by atoms with Crippen LogP contribution in [-0.4, -0.2) is 72.2 Å². The first kappa shape index (κ1) is 39.4. The van der Waals surface area contributed by atoms with Crippen LogP contribution in [0.2, 0.25) is 5.02 Å². The van der Waals surface area contributed by atoms with Gasteiger partial charge in [0.2, 0.25) is 0 Å². The van der Waals surface area contributed by atoms with Crippen molar-refractivity contribution in [1.82, 2.24) is 15.2 Å². The highest BCUT2D eigenvalue weighted by atomic mass is 35.5. The Hall–Kier alpha value is -4.40. The van der Waals surface area contributed by atoms with Crippen LogP contribution in [0.25, 0.3) is 11.1 Å². The van der Waals surface area contributed by atoms with E-state index >= 15 is 4.39 Å². The Morgan fingerprint density at radius 3 is 2.33 bits per heavy atom. The number of methoxy groups -OCH3 is 1. The Kier molecular flexibility index (Phi) is 13.3. The molecule has 10 nitrogen and oxygen atoms in total. The third kappa shape index (κ3) is 10.6. The van der Waals surface area contributed by atoms with Crippen molar-refractivity contribution < 1.29 is 32.9 Å². The van der Waals surface area contributed by atoms with E-state index < -0.39 is 35.1 Å². The molecule has 3 aromatic rings. The molecule has 0 radical (unpaired) electrons. The van der Waals surface area contributed by atoms with Gasteiger partial charge in [-0.25, -0.2) is 19.0 Å². The van der Waals surface area contributed by atoms with Gasteiger partial charge in [-0.05, 0) is 90.5 Å². The molecule has 0 bridgehead atoms. The molecule has 0 saturated heterocycles. The number of amides is 2. The van der Waals surface area contributed by atoms with Gasteiger partial charge in [-0.15, -0.1) is 0 Å². The molecule has 4 rings (SSSR count). The minimum Gasteiger partial charge on any atom is -0.473 e. The number of rotatable bonds is 11. The molecular weight excluding hydrogens is 675 g/mol. The molecule has 2 aromatic carbocycles. The quantitative estimate of drug-likeness (QED) is 0.195. The molecule has 1 fully saturated rings. The highest BCUT2D eigenvalue weighted by molar-refractivity contribution is 6.33. The van der Waals surface area contributed by atoms with Crippen molar-refractivity contribution in [3.05, 3.63) is 82.3 Å². The van der Waals surface area contributed by atoms with Gasteiger partial charge in [0.05, 0.1) is 12.2 Å². The average Bonchev–Trinajstić information content (AvgIpc) is 3.06. The lowest BCUT2D eigenvalue weighted by molar-refractivity contribution is 0.0260. The summed E-state index contributed by atoms with van der Waals surface area (Å²) in [7, 11) is 1.50. The molecule has 12 heteroatoms. The fourth-order valence-corrected chi connectivity index (χ4v) is 6.52. The van der Waals surface area contributed by atoms with Gasteiger partial charge in [0.25, 0.3) is 5.88 Å². The molecule has 0 aliphatic heterocycles. The van der Waals surface area contributed by atoms with Gasteiger partial charge in [0.1, 0.15) is 24.9 Å². The van der Waals surface area contributed by atoms with Gasteiger partial charge in [-0.3, -0.25) is 0 Å². The third-order valence-electron chi connectivity index (χ3n) is 8.57. The zero-order valence-corrected chi connectivity index (χ0v) is 31.2. The van der Waals surface area contributed by atoms with Gasteiger partial charge in [0.15, 0.2) is 5.82 Å². The van der Waals surface area contributed by atoms with Gasteiger partial charge in [0, 0.05) is 53.0 Å². The number of carbonyl (C=O) groups is 2. The van der Waals surface area contributed by atoms with Crippen molar-refractivity contribution in [2.45, 2.75) is 96.4 Å². The van der Waals surface area contributed by atoms with E-state index in [1.807, 2.05) is 77.9 Å². The number of hydrogen-bond donors (Lipinski definition) is 1. The number of nitrogens with zero attached hydrogens (tertiary/aromatic N) is 3. The molecule has 274 valence electrons. The highest BCUT2D eigenvalue weighted by Gasteiger charge is 2.38. The van der Waals surface area contributed by atoms with Gasteiger partial charge < -0.3 is 29.2 Å². The Labute approximate surface area is 305 Å². The van der Waals surface area contributed by atoms with Crippen molar-refractivity contribution in [2.24, 2.45) is 0 Å². The van der Waals surface area contributed by atoms with E-state index in [-0.39, 0.29) is 59.5 Å². The zero-order chi connectivity index (χ0) is 37.3. The Balaban J connectivity index is 1.59. The molecular formula is C39H48ClFN4O6. The number of carbonyl (C=O) groups excluding carboxylic acids is 2. The molecule has 51 heavy (non-hydrogen) atoms. The van der Waals surface area contributed by atoms with Crippen LogP contribution < -0.4 is 10.1 Å². The maximum Gasteiger partial charge on any atom is 0.410 e. The molecule has 1 N–H and O–H groups in total. The predicted molar refractivity (Wildman–Crippen MR) is 193 cm³/mol. The van der Waals surface area contributed by atoms with Gasteiger partial charge >= 0.3 is 12.2 Å². The van der Waals surface area contributed by atoms with Crippen molar-refractivity contribution in [2.75, 3.05) is 26.9 Å². The standard InChI is InChI=1S/C39H48ClFN4O6/c1-38(2,3)45(29-16-14-28(15-17-29)44-36(46)51-39(4,5)6)37(47)50-24-31(25-11-9-8-10-12-25)26-13-18-32(40)30(21-26)33-27(22-42)23-43-35(34(33)41)49-20-19-48-7/h8-13,18,21,23,28-29,31H,14-17,19-20,24H2,1-7H3,(H,44,46). The Morgan fingerprint density at radius 1 is 1.04 bits per heavy atom. The number of benzene rings is 2. The van der Waals surface area contributed by atoms with Crippen LogP contribution in [-0.2, 0) is 14.2 Å². The summed E-state index contributed by atoms with van der Waals surface area (Å²) >= 11 is 6.65. The van der Waals surface area contributed by atoms with Crippen LogP contribution in [0.5, 0.6) is 5.88 Å². The van der Waals surface area contributed by atoms with Crippen LogP contribution in [0, 0.1) is 17.1 Å². The molecule has 1 aliphatic rings. The summed E-state index contributed by atoms with van der Waals surface area (Å²) < 4.78 is 37.9. The summed E-state index contributed by atoms with van der Waals surface area (Å²) in [6, 6.07) is 16.6. The predicted octanol–water partition coefficient (Wildman–Crippen LogP) is 8.64. The number of alkyl carbamates (subject to hydrolysis) is 1. The summed E-state index contributed by atoms with van der Waals surface area (Å²) in [5, 5.41) is 13.1. The lowest BCUT2D eigenvalue weighted by Crippen LogP contribution is -2.54. The molecule has 1 aromatic heterocycles. The molecule has 1 unspecified atom stereocenters. The number of ether oxygens (including phenoxy) is 4. The minimum absolute atomic E-state index is 0.00911. The molecule has 1 aliphatic carbocycles. The molecule has 2 amide bonds. The second-order valence-electron chi connectivity index (χ2n) is 14.6. The lowest BCUT2D eigenvalue weighted by Gasteiger charge is -2.43. The SMILES string of the molecule is COCCOc1ncc(C#N)c(-c2cc(C(COC(=O)N(C3CCC(NC(=O)OC(C)(C)C)CC3)C(C)(C)C)c3ccccc3)ccc2Cl)c1F. The van der Waals surface area contributed by atoms with E-state index in [1.165, 1.54) is 13.3 Å². The van der Waals surface area contributed by atoms with Crippen LogP contribution in [0.1, 0.15) is 89.8 Å². The van der Waals surface area contributed by atoms with Gasteiger partial charge in [-0.1, -0.05) is 48.0 Å². The minimum atomic E-state index is -0.816. The highest BCUT2D eigenvalue weighted by Crippen LogP contribution is 2.39. The summed E-state index contributed by atoms with van der Waals surface area (Å²) in [5.74, 6) is -1.54. The molecule has 1 heterocycles. The maximum atomic E-state index is 15.9. The Bertz CT molecular complexity index is 1690. The lowest BCUT2D eigenvalue weighted by atomic mass is 9.88. The van der Waals surface area contributed by atoms with Gasteiger partial charge in [-0.2, -0.15) is 5.26 Å². The van der Waals surface area contributed by atoms with Crippen molar-refractivity contribution in [1.29, 1.82) is 5.26 Å². The van der Waals surface area contributed by atoms with E-state index in [2.05, 4.69) is 10.3 Å². The van der Waals surface area contributed by atoms with Crippen LogP contribution >= 0.6 is 11.6 Å². The largest absolute Gasteiger partial charge is 0.473 e. The Morgan fingerprint density at radius 2 is 1.73 bits per heavy atom. The number of hydrogen-bond acceptors (Lipinski definition) is 8.